The summed E-state index contributed by atoms with van der Waals surface area (Å²) in [5.74, 6) is -7.04. The summed E-state index contributed by atoms with van der Waals surface area (Å²) in [6.07, 6.45) is 2.28. The first-order valence-corrected chi connectivity index (χ1v) is 14.8. The van der Waals surface area contributed by atoms with Crippen molar-refractivity contribution < 1.29 is 36.3 Å². The second-order valence-electron chi connectivity index (χ2n) is 12.3. The maximum Gasteiger partial charge on any atom is 0.416 e. The van der Waals surface area contributed by atoms with Gasteiger partial charge in [0.1, 0.15) is 5.82 Å². The van der Waals surface area contributed by atoms with E-state index in [-0.39, 0.29) is 62.6 Å². The first-order valence-electron chi connectivity index (χ1n) is 14.8. The molecule has 3 amide bonds. The molecule has 45 heavy (non-hydrogen) atoms. The molecular formula is C31H39F5N6O3. The molecule has 3 aliphatic rings. The molecule has 246 valence electrons. The average molecular weight is 639 g/mol. The van der Waals surface area contributed by atoms with E-state index >= 15 is 0 Å². The van der Waals surface area contributed by atoms with Gasteiger partial charge in [0.2, 0.25) is 11.8 Å². The third-order valence-electron chi connectivity index (χ3n) is 8.91. The van der Waals surface area contributed by atoms with Crippen LogP contribution in [-0.4, -0.2) is 88.8 Å². The van der Waals surface area contributed by atoms with E-state index in [2.05, 4.69) is 28.8 Å². The largest absolute Gasteiger partial charge is 0.416 e. The molecule has 1 aliphatic carbocycles. The van der Waals surface area contributed by atoms with Gasteiger partial charge in [0, 0.05) is 56.9 Å². The molecule has 9 nitrogen and oxygen atoms in total. The lowest BCUT2D eigenvalue weighted by Crippen LogP contribution is -2.56. The number of alkyl halides is 5. The number of nitrogens with one attached hydrogen (secondary N) is 3. The van der Waals surface area contributed by atoms with E-state index in [9.17, 15) is 36.3 Å². The van der Waals surface area contributed by atoms with Crippen LogP contribution in [0.1, 0.15) is 43.7 Å². The summed E-state index contributed by atoms with van der Waals surface area (Å²) in [4.78, 5) is 43.7. The predicted octanol–water partition coefficient (Wildman–Crippen LogP) is 3.69. The zero-order valence-corrected chi connectivity index (χ0v) is 25.4. The standard InChI is InChI=1S/C31H39F5N6O3/c1-5-25(43)41-12-10-28(3,18-41)40-24-15-23(31(34,35)36)20(17-38-24)16-29(11-13-42(19-29)26(44)6-2)39-22-9-7-8-21(14-22)30(32,33)27(45)37-4/h5-7,9,15,17,21-22,39H,1-2,8,10-14,16,18-19H2,3-4H3,(H,37,45)(H,38,40). The molecule has 2 aliphatic heterocycles. The quantitative estimate of drug-likeness (QED) is 0.205. The van der Waals surface area contributed by atoms with Crippen LogP contribution in [-0.2, 0) is 27.0 Å². The van der Waals surface area contributed by atoms with Crippen molar-refractivity contribution in [2.24, 2.45) is 5.92 Å². The summed E-state index contributed by atoms with van der Waals surface area (Å²) in [5.41, 5.74) is -2.87. The first kappa shape index (κ1) is 34.1. The number of likely N-dealkylation sites (tertiary alicyclic amines) is 2. The van der Waals surface area contributed by atoms with E-state index in [0.717, 1.165) is 25.4 Å². The number of amides is 3. The van der Waals surface area contributed by atoms with Crippen molar-refractivity contribution >= 4 is 23.5 Å². The van der Waals surface area contributed by atoms with Gasteiger partial charge in [-0.25, -0.2) is 4.98 Å². The molecule has 1 aromatic rings. The van der Waals surface area contributed by atoms with Gasteiger partial charge in [0.25, 0.3) is 5.91 Å². The lowest BCUT2D eigenvalue weighted by atomic mass is 9.82. The van der Waals surface area contributed by atoms with E-state index in [1.165, 1.54) is 17.1 Å². The van der Waals surface area contributed by atoms with Crippen LogP contribution in [0.3, 0.4) is 0 Å². The van der Waals surface area contributed by atoms with Crippen molar-refractivity contribution in [1.82, 2.24) is 25.4 Å². The van der Waals surface area contributed by atoms with E-state index in [1.807, 2.05) is 5.32 Å². The number of halogens is 5. The second kappa shape index (κ2) is 12.9. The monoisotopic (exact) mass is 638 g/mol. The molecule has 2 fully saturated rings. The SMILES string of the molecule is C=CC(=O)N1CCC(C)(Nc2cc(C(F)(F)F)c(CC3(NC4C=CCC(C(F)(F)C(=O)NC)C4)CCN(C(=O)C=C)C3)cn2)C1. The summed E-state index contributed by atoms with van der Waals surface area (Å²) in [5, 5.41) is 8.34. The number of carbonyl (C=O) groups excluding carboxylic acids is 3. The van der Waals surface area contributed by atoms with Gasteiger partial charge in [-0.05, 0) is 62.8 Å². The molecule has 1 aromatic heterocycles. The van der Waals surface area contributed by atoms with Crippen LogP contribution < -0.4 is 16.0 Å². The second-order valence-corrected chi connectivity index (χ2v) is 12.3. The van der Waals surface area contributed by atoms with Gasteiger partial charge in [-0.2, -0.15) is 22.0 Å². The molecule has 0 bridgehead atoms. The van der Waals surface area contributed by atoms with E-state index in [0.29, 0.717) is 13.0 Å². The van der Waals surface area contributed by atoms with Crippen LogP contribution in [0.25, 0.3) is 0 Å². The van der Waals surface area contributed by atoms with Crippen molar-refractivity contribution in [3.05, 3.63) is 60.9 Å². The van der Waals surface area contributed by atoms with Gasteiger partial charge in [0.05, 0.1) is 11.1 Å². The Kier molecular flexibility index (Phi) is 9.76. The molecule has 0 spiro atoms. The molecular weight excluding hydrogens is 599 g/mol. The maximum atomic E-state index is 14.8. The smallest absolute Gasteiger partial charge is 0.363 e. The summed E-state index contributed by atoms with van der Waals surface area (Å²) in [7, 11) is 1.13. The van der Waals surface area contributed by atoms with Crippen LogP contribution in [0, 0.1) is 5.92 Å². The van der Waals surface area contributed by atoms with E-state index in [1.54, 1.807) is 17.9 Å². The van der Waals surface area contributed by atoms with Crippen molar-refractivity contribution in [3.63, 3.8) is 0 Å². The molecule has 0 saturated carbocycles. The third kappa shape index (κ3) is 7.54. The van der Waals surface area contributed by atoms with Gasteiger partial charge in [0.15, 0.2) is 0 Å². The minimum atomic E-state index is -4.75. The van der Waals surface area contributed by atoms with Gasteiger partial charge in [-0.1, -0.05) is 25.3 Å². The highest BCUT2D eigenvalue weighted by atomic mass is 19.4. The fraction of sp³-hybridized carbons (Fsp3) is 0.548. The maximum absolute atomic E-state index is 14.8. The molecule has 0 aromatic carbocycles. The lowest BCUT2D eigenvalue weighted by Gasteiger charge is -2.38. The third-order valence-corrected chi connectivity index (χ3v) is 8.91. The van der Waals surface area contributed by atoms with Crippen LogP contribution in [0.2, 0.25) is 0 Å². The Balaban J connectivity index is 1.62. The van der Waals surface area contributed by atoms with Crippen molar-refractivity contribution in [1.29, 1.82) is 0 Å². The summed E-state index contributed by atoms with van der Waals surface area (Å²) >= 11 is 0. The van der Waals surface area contributed by atoms with Crippen molar-refractivity contribution in [2.45, 2.75) is 68.2 Å². The molecule has 14 heteroatoms. The molecule has 4 rings (SSSR count). The summed E-state index contributed by atoms with van der Waals surface area (Å²) in [6, 6.07) is 0.249. The Hall–Kier alpha value is -3.81. The van der Waals surface area contributed by atoms with Crippen molar-refractivity contribution in [2.75, 3.05) is 38.5 Å². The number of pyridine rings is 1. The number of anilines is 1. The number of hydrogen-bond donors (Lipinski definition) is 3. The topological polar surface area (TPSA) is 107 Å². The van der Waals surface area contributed by atoms with Gasteiger partial charge < -0.3 is 25.8 Å². The Morgan fingerprint density at radius 2 is 1.71 bits per heavy atom. The minimum absolute atomic E-state index is 0.00661. The van der Waals surface area contributed by atoms with Crippen LogP contribution in [0.5, 0.6) is 0 Å². The van der Waals surface area contributed by atoms with Gasteiger partial charge in [-0.3, -0.25) is 14.4 Å². The van der Waals surface area contributed by atoms with Crippen molar-refractivity contribution in [3.8, 4) is 0 Å². The zero-order valence-electron chi connectivity index (χ0n) is 25.4. The summed E-state index contributed by atoms with van der Waals surface area (Å²) in [6.45, 7) is 9.69. The number of rotatable bonds is 10. The normalized spacial score (nSPS) is 26.9. The molecule has 4 unspecified atom stereocenters. The Morgan fingerprint density at radius 1 is 1.07 bits per heavy atom. The zero-order chi connectivity index (χ0) is 33.2. The van der Waals surface area contributed by atoms with E-state index < -0.39 is 52.5 Å². The highest BCUT2D eigenvalue weighted by Gasteiger charge is 2.49. The number of nitrogens with zero attached hydrogens (tertiary/aromatic N) is 3. The number of allylic oxidation sites excluding steroid dienone is 1. The Labute approximate surface area is 259 Å². The molecule has 2 saturated heterocycles. The first-order chi connectivity index (χ1) is 21.0. The van der Waals surface area contributed by atoms with Crippen LogP contribution >= 0.6 is 0 Å². The van der Waals surface area contributed by atoms with E-state index in [4.69, 9.17) is 0 Å². The molecule has 0 radical (unpaired) electrons. The molecule has 4 atom stereocenters. The van der Waals surface area contributed by atoms with Crippen LogP contribution in [0.4, 0.5) is 27.8 Å². The molecule has 3 heterocycles. The number of aromatic nitrogens is 1. The fourth-order valence-corrected chi connectivity index (χ4v) is 6.55. The number of carbonyl (C=O) groups is 3. The minimum Gasteiger partial charge on any atom is -0.363 e. The number of hydrogen-bond acceptors (Lipinski definition) is 6. The Morgan fingerprint density at radius 3 is 2.33 bits per heavy atom. The molecule has 3 N–H and O–H groups in total. The fourth-order valence-electron chi connectivity index (χ4n) is 6.55. The average Bonchev–Trinajstić information content (AvgIpc) is 3.59. The summed E-state index contributed by atoms with van der Waals surface area (Å²) < 4.78 is 73.2. The van der Waals surface area contributed by atoms with Crippen LogP contribution in [0.15, 0.2) is 49.7 Å². The highest BCUT2D eigenvalue weighted by Crippen LogP contribution is 2.39. The predicted molar refractivity (Wildman–Crippen MR) is 158 cm³/mol. The van der Waals surface area contributed by atoms with Gasteiger partial charge in [-0.15, -0.1) is 0 Å². The lowest BCUT2D eigenvalue weighted by molar-refractivity contribution is -0.154. The highest BCUT2D eigenvalue weighted by molar-refractivity contribution is 5.88. The van der Waals surface area contributed by atoms with Gasteiger partial charge >= 0.3 is 12.1 Å². The Bertz CT molecular complexity index is 1370.